The van der Waals surface area contributed by atoms with E-state index in [0.717, 1.165) is 24.1 Å². The van der Waals surface area contributed by atoms with Crippen molar-refractivity contribution in [3.8, 4) is 0 Å². The predicted octanol–water partition coefficient (Wildman–Crippen LogP) is 4.91. The lowest BCUT2D eigenvalue weighted by Gasteiger charge is -2.48. The number of allylic oxidation sites excluding steroid dienone is 2. The number of nitrogens with zero attached hydrogens (tertiary/aromatic N) is 3. The van der Waals surface area contributed by atoms with Crippen molar-refractivity contribution in [3.63, 3.8) is 0 Å². The van der Waals surface area contributed by atoms with E-state index < -0.39 is 11.4 Å². The maximum Gasteiger partial charge on any atom is 0.410 e. The number of amides is 2. The van der Waals surface area contributed by atoms with E-state index in [1.165, 1.54) is 6.08 Å². The second kappa shape index (κ2) is 12.3. The summed E-state index contributed by atoms with van der Waals surface area (Å²) in [5.74, 6) is -1.09. The highest BCUT2D eigenvalue weighted by Gasteiger charge is 2.41. The highest BCUT2D eigenvalue weighted by molar-refractivity contribution is 5.94. The number of likely N-dealkylation sites (N-methyl/N-ethyl adjacent to an activating group) is 1. The number of rotatable bonds is 6. The van der Waals surface area contributed by atoms with Crippen molar-refractivity contribution in [1.82, 2.24) is 19.7 Å². The van der Waals surface area contributed by atoms with Crippen LogP contribution in [0.2, 0.25) is 0 Å². The van der Waals surface area contributed by atoms with Crippen molar-refractivity contribution in [2.75, 3.05) is 6.54 Å². The summed E-state index contributed by atoms with van der Waals surface area (Å²) in [6, 6.07) is 1.60. The van der Waals surface area contributed by atoms with Gasteiger partial charge >= 0.3 is 6.09 Å². The molecule has 8 nitrogen and oxygen atoms in total. The molecule has 0 radical (unpaired) electrons. The Morgan fingerprint density at radius 1 is 1.15 bits per heavy atom. The largest absolute Gasteiger partial charge is 0.444 e. The summed E-state index contributed by atoms with van der Waals surface area (Å²) in [5.41, 5.74) is 1.82. The number of aryl methyl sites for hydroxylation is 2. The van der Waals surface area contributed by atoms with Crippen molar-refractivity contribution >= 4 is 12.0 Å². The Balaban J connectivity index is 1.75. The molecule has 1 N–H and O–H groups in total. The predicted molar refractivity (Wildman–Crippen MR) is 156 cm³/mol. The maximum absolute atomic E-state index is 15.0. The molecule has 0 aromatic carbocycles. The summed E-state index contributed by atoms with van der Waals surface area (Å²) in [7, 11) is 1.71. The van der Waals surface area contributed by atoms with Crippen LogP contribution in [0, 0.1) is 19.8 Å². The Hall–Kier alpha value is -2.94. The van der Waals surface area contributed by atoms with Gasteiger partial charge in [0, 0.05) is 60.5 Å². The van der Waals surface area contributed by atoms with Gasteiger partial charge in [-0.25, -0.2) is 9.18 Å². The van der Waals surface area contributed by atoms with Gasteiger partial charge in [0.1, 0.15) is 11.4 Å². The van der Waals surface area contributed by atoms with E-state index in [1.807, 2.05) is 73.3 Å². The third kappa shape index (κ3) is 6.85. The van der Waals surface area contributed by atoms with Crippen LogP contribution in [-0.2, 0) is 23.1 Å². The highest BCUT2D eigenvalue weighted by Crippen LogP contribution is 2.35. The third-order valence-corrected chi connectivity index (χ3v) is 8.30. The van der Waals surface area contributed by atoms with Gasteiger partial charge in [-0.05, 0) is 91.6 Å². The molecule has 1 aromatic heterocycles. The lowest BCUT2D eigenvalue weighted by atomic mass is 9.83. The molecule has 1 aromatic rings. The van der Waals surface area contributed by atoms with E-state index in [0.29, 0.717) is 17.7 Å². The first-order chi connectivity index (χ1) is 18.5. The number of likely N-dealkylation sites (tertiary alicyclic amines) is 1. The molecule has 1 aliphatic heterocycles. The van der Waals surface area contributed by atoms with Gasteiger partial charge in [-0.3, -0.25) is 14.5 Å². The van der Waals surface area contributed by atoms with Crippen molar-refractivity contribution < 1.29 is 18.7 Å². The van der Waals surface area contributed by atoms with E-state index in [4.69, 9.17) is 4.74 Å². The molecule has 1 fully saturated rings. The quantitative estimate of drug-likeness (QED) is 0.536. The third-order valence-electron chi connectivity index (χ3n) is 8.30. The van der Waals surface area contributed by atoms with Gasteiger partial charge in [-0.1, -0.05) is 13.8 Å². The Kier molecular flexibility index (Phi) is 9.70. The van der Waals surface area contributed by atoms with Crippen LogP contribution in [-0.4, -0.2) is 62.7 Å². The van der Waals surface area contributed by atoms with Crippen LogP contribution >= 0.6 is 0 Å². The first kappa shape index (κ1) is 31.6. The molecule has 222 valence electrons. The summed E-state index contributed by atoms with van der Waals surface area (Å²) in [6.45, 7) is 18.1. The summed E-state index contributed by atoms with van der Waals surface area (Å²) < 4.78 is 22.2. The van der Waals surface area contributed by atoms with Gasteiger partial charge in [0.05, 0.1) is 0 Å². The minimum atomic E-state index is -0.572. The second-order valence-corrected chi connectivity index (χ2v) is 12.5. The van der Waals surface area contributed by atoms with Gasteiger partial charge in [0.25, 0.3) is 5.56 Å². The number of hydrogen-bond acceptors (Lipinski definition) is 5. The number of ether oxygens (including phenoxy) is 1. The van der Waals surface area contributed by atoms with Gasteiger partial charge in [0.15, 0.2) is 0 Å². The second-order valence-electron chi connectivity index (χ2n) is 12.5. The first-order valence-electron chi connectivity index (χ1n) is 14.4. The van der Waals surface area contributed by atoms with Crippen LogP contribution in [0.5, 0.6) is 0 Å². The van der Waals surface area contributed by atoms with E-state index in [-0.39, 0.29) is 54.2 Å². The van der Waals surface area contributed by atoms with Gasteiger partial charge < -0.3 is 19.5 Å². The summed E-state index contributed by atoms with van der Waals surface area (Å²) in [5, 5.41) is 2.86. The fourth-order valence-corrected chi connectivity index (χ4v) is 6.19. The molecule has 4 unspecified atom stereocenters. The van der Waals surface area contributed by atoms with Crippen LogP contribution in [0.3, 0.4) is 0 Å². The molecule has 2 amide bonds. The number of carbonyl (C=O) groups is 2. The summed E-state index contributed by atoms with van der Waals surface area (Å²) in [6.07, 6.45) is 4.03. The lowest BCUT2D eigenvalue weighted by Crippen LogP contribution is -2.58. The van der Waals surface area contributed by atoms with Crippen molar-refractivity contribution in [1.29, 1.82) is 0 Å². The topological polar surface area (TPSA) is 83.9 Å². The van der Waals surface area contributed by atoms with Crippen LogP contribution in [0.25, 0.3) is 0 Å². The zero-order valence-electron chi connectivity index (χ0n) is 25.8. The molecule has 9 heteroatoms. The molecule has 0 spiro atoms. The molecular formula is C31H47FN4O4. The number of carbonyl (C=O) groups excluding carboxylic acids is 2. The molecule has 5 atom stereocenters. The Morgan fingerprint density at radius 2 is 1.75 bits per heavy atom. The zero-order chi connectivity index (χ0) is 30.1. The van der Waals surface area contributed by atoms with Crippen molar-refractivity contribution in [2.45, 2.75) is 111 Å². The number of piperidine rings is 1. The SMILES string of the molecule is CCN(C1CC(C)N(C(=O)OC(C)(C)C)[C@H](C)C1)C1C=C(F)C=C(C(=O)NCc2c(C)cc(C)n(C)c2=O)C1C. The maximum atomic E-state index is 15.0. The number of pyridine rings is 1. The fraction of sp³-hybridized carbons (Fsp3) is 0.645. The molecule has 0 bridgehead atoms. The Bertz CT molecular complexity index is 1230. The van der Waals surface area contributed by atoms with Gasteiger partial charge in [-0.15, -0.1) is 0 Å². The average molecular weight is 559 g/mol. The van der Waals surface area contributed by atoms with E-state index in [9.17, 15) is 14.4 Å². The van der Waals surface area contributed by atoms with E-state index in [1.54, 1.807) is 17.7 Å². The van der Waals surface area contributed by atoms with Crippen LogP contribution in [0.15, 0.2) is 34.4 Å². The van der Waals surface area contributed by atoms with E-state index in [2.05, 4.69) is 10.2 Å². The Labute approximate surface area is 238 Å². The zero-order valence-corrected chi connectivity index (χ0v) is 25.8. The van der Waals surface area contributed by atoms with Gasteiger partial charge in [0.2, 0.25) is 5.91 Å². The fourth-order valence-electron chi connectivity index (χ4n) is 6.19. The van der Waals surface area contributed by atoms with Crippen molar-refractivity contribution in [3.05, 3.63) is 56.8 Å². The molecule has 40 heavy (non-hydrogen) atoms. The van der Waals surface area contributed by atoms with Crippen molar-refractivity contribution in [2.24, 2.45) is 13.0 Å². The van der Waals surface area contributed by atoms with Crippen LogP contribution in [0.1, 0.15) is 78.1 Å². The van der Waals surface area contributed by atoms with Crippen LogP contribution in [0.4, 0.5) is 9.18 Å². The minimum absolute atomic E-state index is 0.0518. The average Bonchev–Trinajstić information content (AvgIpc) is 2.83. The first-order valence-corrected chi connectivity index (χ1v) is 14.4. The Morgan fingerprint density at radius 3 is 2.30 bits per heavy atom. The molecule has 1 saturated heterocycles. The monoisotopic (exact) mass is 558 g/mol. The smallest absolute Gasteiger partial charge is 0.410 e. The molecule has 1 aliphatic carbocycles. The number of halogens is 1. The number of hydrogen-bond donors (Lipinski definition) is 1. The van der Waals surface area contributed by atoms with E-state index >= 15 is 4.39 Å². The lowest BCUT2D eigenvalue weighted by molar-refractivity contribution is -0.118. The number of nitrogens with one attached hydrogen (secondary N) is 1. The summed E-state index contributed by atoms with van der Waals surface area (Å²) >= 11 is 0. The summed E-state index contributed by atoms with van der Waals surface area (Å²) in [4.78, 5) is 43.0. The molecule has 0 saturated carbocycles. The minimum Gasteiger partial charge on any atom is -0.444 e. The van der Waals surface area contributed by atoms with Crippen LogP contribution < -0.4 is 10.9 Å². The number of aromatic nitrogens is 1. The molecule has 3 rings (SSSR count). The molecule has 2 aliphatic rings. The molecular weight excluding hydrogens is 511 g/mol. The van der Waals surface area contributed by atoms with Gasteiger partial charge in [-0.2, -0.15) is 0 Å². The molecule has 2 heterocycles. The standard InChI is InChI=1S/C31H47FN4O4/c1-11-35(24-13-20(4)36(21(5)14-24)30(39)40-31(7,8)9)27-16-23(32)15-25(22(27)6)28(37)33-17-26-18(2)12-19(3)34(10)29(26)38/h12,15-16,20-22,24,27H,11,13-14,17H2,1-10H3,(H,33,37)/t20-,21?,22?,24?,27?/m1/s1. The normalized spacial score (nSPS) is 25.4. The highest BCUT2D eigenvalue weighted by atomic mass is 19.1.